The highest BCUT2D eigenvalue weighted by Crippen LogP contribution is 2.41. The predicted octanol–water partition coefficient (Wildman–Crippen LogP) is 3.51. The summed E-state index contributed by atoms with van der Waals surface area (Å²) in [5.41, 5.74) is 1.87. The normalized spacial score (nSPS) is 23.6. The molecule has 3 aliphatic heterocycles. The lowest BCUT2D eigenvalue weighted by molar-refractivity contribution is -0.193. The third-order valence-corrected chi connectivity index (χ3v) is 6.58. The Bertz CT molecular complexity index is 975. The van der Waals surface area contributed by atoms with Gasteiger partial charge in [-0.2, -0.15) is 26.3 Å². The van der Waals surface area contributed by atoms with E-state index in [2.05, 4.69) is 9.88 Å². The maximum Gasteiger partial charge on any atom is 0.490 e. The Labute approximate surface area is 220 Å². The molecule has 0 aromatic carbocycles. The van der Waals surface area contributed by atoms with E-state index in [9.17, 15) is 31.1 Å². The summed E-state index contributed by atoms with van der Waals surface area (Å²) in [7, 11) is 0. The Balaban J connectivity index is 0.000000317. The highest BCUT2D eigenvalue weighted by molar-refractivity contribution is 5.85. The average molecular weight is 572 g/mol. The number of hydrogen-bond acceptors (Lipinski definition) is 6. The van der Waals surface area contributed by atoms with Crippen molar-refractivity contribution in [2.24, 2.45) is 11.3 Å². The van der Waals surface area contributed by atoms with E-state index in [1.165, 1.54) is 6.42 Å². The molecule has 39 heavy (non-hydrogen) atoms. The van der Waals surface area contributed by atoms with E-state index in [0.29, 0.717) is 18.4 Å². The van der Waals surface area contributed by atoms with Gasteiger partial charge in [0.15, 0.2) is 0 Å². The summed E-state index contributed by atoms with van der Waals surface area (Å²) < 4.78 is 69.0. The first-order valence-electron chi connectivity index (χ1n) is 12.2. The van der Waals surface area contributed by atoms with Crippen molar-refractivity contribution in [1.29, 1.82) is 0 Å². The van der Waals surface area contributed by atoms with Gasteiger partial charge in [-0.3, -0.25) is 9.78 Å². The van der Waals surface area contributed by atoms with E-state index in [-0.39, 0.29) is 5.41 Å². The van der Waals surface area contributed by atoms with Crippen molar-refractivity contribution in [3.8, 4) is 0 Å². The minimum atomic E-state index is -5.08. The number of pyridine rings is 1. The number of aryl methyl sites for hydroxylation is 1. The van der Waals surface area contributed by atoms with Crippen LogP contribution in [0.15, 0.2) is 18.2 Å². The highest BCUT2D eigenvalue weighted by Gasteiger charge is 2.49. The monoisotopic (exact) mass is 571 g/mol. The Morgan fingerprint density at radius 2 is 1.69 bits per heavy atom. The van der Waals surface area contributed by atoms with Gasteiger partial charge in [-0.25, -0.2) is 9.59 Å². The molecule has 2 N–H and O–H groups in total. The quantitative estimate of drug-likeness (QED) is 0.527. The van der Waals surface area contributed by atoms with Gasteiger partial charge in [-0.05, 0) is 57.2 Å². The molecule has 1 aromatic heterocycles. The maximum atomic E-state index is 13.2. The van der Waals surface area contributed by atoms with Crippen LogP contribution in [0.5, 0.6) is 0 Å². The number of halogens is 6. The van der Waals surface area contributed by atoms with E-state index < -0.39 is 24.3 Å². The molecule has 0 bridgehead atoms. The molecule has 1 spiro atoms. The van der Waals surface area contributed by atoms with Gasteiger partial charge in [0.25, 0.3) is 0 Å². The summed E-state index contributed by atoms with van der Waals surface area (Å²) in [5.74, 6) is -4.51. The van der Waals surface area contributed by atoms with Crippen LogP contribution < -0.4 is 0 Å². The number of aliphatic carboxylic acids is 2. The Hall–Kier alpha value is -2.94. The van der Waals surface area contributed by atoms with Gasteiger partial charge in [-0.1, -0.05) is 6.07 Å². The fourth-order valence-corrected chi connectivity index (χ4v) is 4.78. The van der Waals surface area contributed by atoms with Crippen molar-refractivity contribution in [3.63, 3.8) is 0 Å². The molecule has 9 nitrogen and oxygen atoms in total. The Morgan fingerprint density at radius 1 is 1.08 bits per heavy atom. The van der Waals surface area contributed by atoms with Crippen LogP contribution in [-0.2, 0) is 25.7 Å². The zero-order chi connectivity index (χ0) is 29.4. The van der Waals surface area contributed by atoms with Crippen molar-refractivity contribution < 1.29 is 55.7 Å². The third kappa shape index (κ3) is 9.95. The number of rotatable bonds is 4. The molecular formula is C24H31F6N3O6. The number of amides is 1. The summed E-state index contributed by atoms with van der Waals surface area (Å²) in [4.78, 5) is 40.1. The van der Waals surface area contributed by atoms with Crippen molar-refractivity contribution in [1.82, 2.24) is 14.8 Å². The number of piperidine rings is 1. The molecule has 0 saturated carbocycles. The molecule has 1 amide bonds. The molecule has 4 rings (SSSR count). The first kappa shape index (κ1) is 32.3. The molecule has 2 atom stereocenters. The molecule has 3 fully saturated rings. The van der Waals surface area contributed by atoms with Crippen molar-refractivity contribution in [3.05, 3.63) is 29.6 Å². The molecule has 15 heteroatoms. The lowest BCUT2D eigenvalue weighted by Gasteiger charge is -2.40. The van der Waals surface area contributed by atoms with Crippen LogP contribution >= 0.6 is 0 Å². The molecule has 3 saturated heterocycles. The fourth-order valence-electron chi connectivity index (χ4n) is 4.78. The van der Waals surface area contributed by atoms with Crippen LogP contribution in [0.3, 0.4) is 0 Å². The lowest BCUT2D eigenvalue weighted by Crippen LogP contribution is -2.49. The van der Waals surface area contributed by atoms with Crippen LogP contribution in [0, 0.1) is 18.3 Å². The van der Waals surface area contributed by atoms with Crippen LogP contribution in [0.25, 0.3) is 0 Å². The van der Waals surface area contributed by atoms with Crippen molar-refractivity contribution >= 4 is 17.8 Å². The van der Waals surface area contributed by atoms with Gasteiger partial charge >= 0.3 is 24.3 Å². The van der Waals surface area contributed by atoms with E-state index in [1.54, 1.807) is 0 Å². The number of aromatic nitrogens is 1. The van der Waals surface area contributed by atoms with Gasteiger partial charge in [-0.15, -0.1) is 0 Å². The van der Waals surface area contributed by atoms with E-state index in [0.717, 1.165) is 70.0 Å². The molecule has 0 radical (unpaired) electrons. The minimum Gasteiger partial charge on any atom is -0.475 e. The van der Waals surface area contributed by atoms with E-state index in [4.69, 9.17) is 24.5 Å². The van der Waals surface area contributed by atoms with Gasteiger partial charge < -0.3 is 24.7 Å². The summed E-state index contributed by atoms with van der Waals surface area (Å²) >= 11 is 0. The molecule has 0 aliphatic carbocycles. The summed E-state index contributed by atoms with van der Waals surface area (Å²) in [5, 5.41) is 14.2. The lowest BCUT2D eigenvalue weighted by atomic mass is 9.78. The molecule has 3 aliphatic rings. The van der Waals surface area contributed by atoms with Gasteiger partial charge in [0.1, 0.15) is 0 Å². The Morgan fingerprint density at radius 3 is 2.21 bits per heavy atom. The maximum absolute atomic E-state index is 13.2. The number of carbonyl (C=O) groups excluding carboxylic acids is 1. The zero-order valence-electron chi connectivity index (χ0n) is 21.2. The number of carboxylic acids is 2. The van der Waals surface area contributed by atoms with Gasteiger partial charge in [0, 0.05) is 31.9 Å². The van der Waals surface area contributed by atoms with E-state index in [1.807, 2.05) is 30.0 Å². The fraction of sp³-hybridized carbons (Fsp3) is 0.667. The smallest absolute Gasteiger partial charge is 0.475 e. The largest absolute Gasteiger partial charge is 0.490 e. The van der Waals surface area contributed by atoms with Crippen LogP contribution in [0.2, 0.25) is 0 Å². The molecule has 2 unspecified atom stereocenters. The average Bonchev–Trinajstić information content (AvgIpc) is 3.43. The predicted molar refractivity (Wildman–Crippen MR) is 123 cm³/mol. The number of nitrogens with zero attached hydrogens (tertiary/aromatic N) is 3. The van der Waals surface area contributed by atoms with Crippen molar-refractivity contribution in [2.45, 2.75) is 51.5 Å². The molecule has 1 aromatic rings. The van der Waals surface area contributed by atoms with Gasteiger partial charge in [0.2, 0.25) is 5.91 Å². The molecule has 220 valence electrons. The van der Waals surface area contributed by atoms with Crippen LogP contribution in [0.4, 0.5) is 26.3 Å². The number of alkyl halides is 6. The second kappa shape index (κ2) is 13.4. The van der Waals surface area contributed by atoms with Crippen LogP contribution in [0.1, 0.15) is 37.1 Å². The number of hydrogen-bond donors (Lipinski definition) is 2. The van der Waals surface area contributed by atoms with Crippen LogP contribution in [-0.4, -0.2) is 94.6 Å². The summed E-state index contributed by atoms with van der Waals surface area (Å²) in [6.45, 7) is 8.47. The van der Waals surface area contributed by atoms with Crippen molar-refractivity contribution in [2.75, 3.05) is 39.4 Å². The first-order chi connectivity index (χ1) is 18.0. The summed E-state index contributed by atoms with van der Waals surface area (Å²) in [6, 6.07) is 6.06. The minimum absolute atomic E-state index is 0.151. The third-order valence-electron chi connectivity index (χ3n) is 6.58. The summed E-state index contributed by atoms with van der Waals surface area (Å²) in [6.07, 6.45) is -5.82. The van der Waals surface area contributed by atoms with Gasteiger partial charge in [0.05, 0.1) is 24.3 Å². The van der Waals surface area contributed by atoms with E-state index >= 15 is 0 Å². The number of ether oxygens (including phenoxy) is 1. The zero-order valence-corrected chi connectivity index (χ0v) is 21.2. The number of carbonyl (C=O) groups is 3. The Kier molecular flexibility index (Phi) is 11.1. The SMILES string of the molecule is Cc1cccc(CN2CCC3(CCCN(CC4CCOC4)C3)C2=O)n1.O=C(O)C(F)(F)F.O=C(O)C(F)(F)F. The highest BCUT2D eigenvalue weighted by atomic mass is 19.4. The first-order valence-corrected chi connectivity index (χ1v) is 12.2. The number of carboxylic acid groups (broad SMARTS) is 2. The molecular weight excluding hydrogens is 540 g/mol. The standard InChI is InChI=1S/C20H29N3O2.2C2HF3O2/c1-16-4-2-5-18(21-16)13-23-10-8-20(19(23)24)7-3-9-22(15-20)12-17-6-11-25-14-17;2*3-2(4,5)1(6)7/h2,4-5,17H,3,6-15H2,1H3;2*(H,6,7). The topological polar surface area (TPSA) is 120 Å². The second-order valence-electron chi connectivity index (χ2n) is 9.70. The second-order valence-corrected chi connectivity index (χ2v) is 9.70. The molecule has 4 heterocycles. The number of likely N-dealkylation sites (tertiary alicyclic amines) is 2.